The minimum Gasteiger partial charge on any atom is -0.772 e. The third-order valence-corrected chi connectivity index (χ3v) is 3.88. The number of allylic oxidation sites excluding steroid dienone is 1. The average Bonchev–Trinajstić information content (AvgIpc) is 2.93. The standard InChI is InChI=1S/C16H15N3O6S/c17-13(21)5-4-10(9-26(24)25)14(16(22)23)18-15-11(8-20)7-12-3-1-2-6-19(12)15/h1-8,18H,9H2,(H2,17,21)(H,22,23)(H,24,25)/p-1/b5-4-,14-10+. The fraction of sp³-hybridized carbons (Fsp3) is 0.0625. The molecule has 0 aliphatic heterocycles. The molecule has 0 bridgehead atoms. The number of pyridine rings is 1. The van der Waals surface area contributed by atoms with Gasteiger partial charge in [0.15, 0.2) is 6.29 Å². The number of amides is 1. The molecule has 0 saturated heterocycles. The van der Waals surface area contributed by atoms with Gasteiger partial charge < -0.3 is 25.1 Å². The Labute approximate surface area is 150 Å². The summed E-state index contributed by atoms with van der Waals surface area (Å²) < 4.78 is 23.6. The van der Waals surface area contributed by atoms with Crippen LogP contribution in [0.25, 0.3) is 5.52 Å². The number of hydrogen-bond acceptors (Lipinski definition) is 6. The van der Waals surface area contributed by atoms with E-state index in [-0.39, 0.29) is 17.0 Å². The van der Waals surface area contributed by atoms with Crippen molar-refractivity contribution < 1.29 is 28.3 Å². The zero-order chi connectivity index (χ0) is 19.3. The number of aromatic nitrogens is 1. The van der Waals surface area contributed by atoms with Gasteiger partial charge in [-0.1, -0.05) is 23.2 Å². The minimum atomic E-state index is -2.62. The lowest BCUT2D eigenvalue weighted by Crippen LogP contribution is -2.18. The number of carboxylic acid groups (broad SMARTS) is 1. The second kappa shape index (κ2) is 8.23. The highest BCUT2D eigenvalue weighted by atomic mass is 32.2. The fourth-order valence-electron chi connectivity index (χ4n) is 2.27. The van der Waals surface area contributed by atoms with E-state index in [2.05, 4.69) is 5.32 Å². The highest BCUT2D eigenvalue weighted by Crippen LogP contribution is 2.23. The maximum absolute atomic E-state index is 11.7. The molecule has 1 atom stereocenters. The number of nitrogens with one attached hydrogen (secondary N) is 1. The van der Waals surface area contributed by atoms with E-state index in [1.54, 1.807) is 30.5 Å². The number of aliphatic carboxylic acids is 1. The number of rotatable bonds is 8. The topological polar surface area (TPSA) is 154 Å². The molecule has 4 N–H and O–H groups in total. The Balaban J connectivity index is 2.62. The van der Waals surface area contributed by atoms with E-state index >= 15 is 0 Å². The summed E-state index contributed by atoms with van der Waals surface area (Å²) in [6, 6.07) is 6.67. The number of aldehydes is 1. The van der Waals surface area contributed by atoms with Crippen LogP contribution in [0, 0.1) is 0 Å². The zero-order valence-electron chi connectivity index (χ0n) is 13.2. The van der Waals surface area contributed by atoms with Gasteiger partial charge in [0.2, 0.25) is 5.91 Å². The first kappa shape index (κ1) is 19.1. The van der Waals surface area contributed by atoms with Crippen molar-refractivity contribution >= 4 is 40.6 Å². The molecule has 1 amide bonds. The van der Waals surface area contributed by atoms with Crippen molar-refractivity contribution in [2.24, 2.45) is 5.73 Å². The smallest absolute Gasteiger partial charge is 0.352 e. The lowest BCUT2D eigenvalue weighted by Gasteiger charge is -2.14. The molecule has 0 fully saturated rings. The zero-order valence-corrected chi connectivity index (χ0v) is 14.1. The Morgan fingerprint density at radius 2 is 2.08 bits per heavy atom. The molecule has 2 aromatic heterocycles. The van der Waals surface area contributed by atoms with Crippen molar-refractivity contribution in [1.82, 2.24) is 4.40 Å². The van der Waals surface area contributed by atoms with Crippen molar-refractivity contribution in [3.63, 3.8) is 0 Å². The first-order valence-corrected chi connectivity index (χ1v) is 8.40. The SMILES string of the molecule is NC(=O)/C=C\C(CS(=O)[O-])=C(/Nc1c(C=O)cc2ccccn12)C(=O)O. The van der Waals surface area contributed by atoms with Gasteiger partial charge in [0, 0.05) is 23.5 Å². The van der Waals surface area contributed by atoms with Gasteiger partial charge in [0.05, 0.1) is 5.56 Å². The minimum absolute atomic E-state index is 0.148. The van der Waals surface area contributed by atoms with Crippen LogP contribution in [-0.2, 0) is 20.7 Å². The Bertz CT molecular complexity index is 960. The molecule has 9 nitrogen and oxygen atoms in total. The van der Waals surface area contributed by atoms with E-state index < -0.39 is 34.4 Å². The summed E-state index contributed by atoms with van der Waals surface area (Å²) in [7, 11) is 0. The van der Waals surface area contributed by atoms with Crippen molar-refractivity contribution in [2.75, 3.05) is 11.1 Å². The third-order valence-electron chi connectivity index (χ3n) is 3.34. The van der Waals surface area contributed by atoms with E-state index in [1.165, 1.54) is 4.40 Å². The third kappa shape index (κ3) is 4.43. The van der Waals surface area contributed by atoms with Crippen molar-refractivity contribution in [3.05, 3.63) is 59.4 Å². The quantitative estimate of drug-likeness (QED) is 0.261. The molecule has 2 aromatic rings. The van der Waals surface area contributed by atoms with Gasteiger partial charge in [0.1, 0.15) is 11.5 Å². The number of anilines is 1. The molecule has 1 unspecified atom stereocenters. The second-order valence-corrected chi connectivity index (χ2v) is 5.97. The van der Waals surface area contributed by atoms with Crippen LogP contribution in [0.1, 0.15) is 10.4 Å². The summed E-state index contributed by atoms with van der Waals surface area (Å²) in [5, 5.41) is 12.1. The fourth-order valence-corrected chi connectivity index (χ4v) is 2.76. The van der Waals surface area contributed by atoms with Gasteiger partial charge in [-0.25, -0.2) is 4.79 Å². The molecule has 0 aliphatic rings. The summed E-state index contributed by atoms with van der Waals surface area (Å²) in [5.41, 5.74) is 5.09. The Hall–Kier alpha value is -3.24. The van der Waals surface area contributed by atoms with Crippen LogP contribution in [0.15, 0.2) is 53.9 Å². The highest BCUT2D eigenvalue weighted by molar-refractivity contribution is 7.79. The molecule has 0 saturated carbocycles. The molecule has 0 aliphatic carbocycles. The van der Waals surface area contributed by atoms with Crippen LogP contribution < -0.4 is 11.1 Å². The van der Waals surface area contributed by atoms with E-state index in [9.17, 15) is 28.3 Å². The predicted octanol–water partition coefficient (Wildman–Crippen LogP) is 0.423. The molecular formula is C16H14N3O6S-. The first-order valence-electron chi connectivity index (χ1n) is 7.15. The number of nitrogens with two attached hydrogens (primary N) is 1. The lowest BCUT2D eigenvalue weighted by atomic mass is 10.2. The summed E-state index contributed by atoms with van der Waals surface area (Å²) in [5.74, 6) is -2.86. The number of carbonyl (C=O) groups is 3. The first-order chi connectivity index (χ1) is 12.3. The van der Waals surface area contributed by atoms with Crippen molar-refractivity contribution in [3.8, 4) is 0 Å². The van der Waals surface area contributed by atoms with Crippen LogP contribution in [0.2, 0.25) is 0 Å². The summed E-state index contributed by atoms with van der Waals surface area (Å²) in [6.07, 6.45) is 4.00. The van der Waals surface area contributed by atoms with Crippen LogP contribution in [0.3, 0.4) is 0 Å². The van der Waals surface area contributed by atoms with E-state index in [4.69, 9.17) is 5.73 Å². The second-order valence-electron chi connectivity index (χ2n) is 5.08. The number of hydrogen-bond donors (Lipinski definition) is 3. The largest absolute Gasteiger partial charge is 0.772 e. The molecule has 26 heavy (non-hydrogen) atoms. The molecule has 136 valence electrons. The van der Waals surface area contributed by atoms with Crippen molar-refractivity contribution in [2.45, 2.75) is 0 Å². The molecule has 0 radical (unpaired) electrons. The van der Waals surface area contributed by atoms with Crippen LogP contribution in [0.5, 0.6) is 0 Å². The predicted molar refractivity (Wildman–Crippen MR) is 93.2 cm³/mol. The van der Waals surface area contributed by atoms with E-state index in [0.717, 1.165) is 12.2 Å². The van der Waals surface area contributed by atoms with Gasteiger partial charge in [-0.2, -0.15) is 0 Å². The molecule has 0 aromatic carbocycles. The molecule has 2 rings (SSSR count). The Morgan fingerprint density at radius 1 is 1.35 bits per heavy atom. The number of carboxylic acids is 1. The number of nitrogens with zero attached hydrogens (tertiary/aromatic N) is 1. The maximum atomic E-state index is 11.7. The summed E-state index contributed by atoms with van der Waals surface area (Å²) in [4.78, 5) is 33.9. The highest BCUT2D eigenvalue weighted by Gasteiger charge is 2.18. The normalized spacial score (nSPS) is 13.4. The molecular weight excluding hydrogens is 362 g/mol. The Morgan fingerprint density at radius 3 is 2.65 bits per heavy atom. The van der Waals surface area contributed by atoms with Gasteiger partial charge in [0.25, 0.3) is 0 Å². The Kier molecular flexibility index (Phi) is 6.04. The number of fused-ring (bicyclic) bond motifs is 1. The van der Waals surface area contributed by atoms with Gasteiger partial charge >= 0.3 is 5.97 Å². The van der Waals surface area contributed by atoms with E-state index in [0.29, 0.717) is 11.8 Å². The van der Waals surface area contributed by atoms with Crippen LogP contribution >= 0.6 is 0 Å². The van der Waals surface area contributed by atoms with Crippen LogP contribution in [0.4, 0.5) is 5.82 Å². The maximum Gasteiger partial charge on any atom is 0.352 e. The number of primary amides is 1. The van der Waals surface area contributed by atoms with E-state index in [1.807, 2.05) is 0 Å². The summed E-state index contributed by atoms with van der Waals surface area (Å²) >= 11 is -2.62. The van der Waals surface area contributed by atoms with Gasteiger partial charge in [-0.05, 0) is 23.8 Å². The van der Waals surface area contributed by atoms with Crippen LogP contribution in [-0.4, -0.2) is 42.2 Å². The summed E-state index contributed by atoms with van der Waals surface area (Å²) in [6.45, 7) is 0. The van der Waals surface area contributed by atoms with Crippen molar-refractivity contribution in [1.29, 1.82) is 0 Å². The molecule has 2 heterocycles. The molecule has 10 heteroatoms. The lowest BCUT2D eigenvalue weighted by molar-refractivity contribution is -0.132. The van der Waals surface area contributed by atoms with Gasteiger partial charge in [-0.15, -0.1) is 0 Å². The monoisotopic (exact) mass is 376 g/mol. The average molecular weight is 376 g/mol. The number of carbonyl (C=O) groups excluding carboxylic acids is 2. The molecule has 0 spiro atoms. The van der Waals surface area contributed by atoms with Gasteiger partial charge in [-0.3, -0.25) is 13.8 Å².